The van der Waals surface area contributed by atoms with E-state index in [1.807, 2.05) is 19.2 Å². The molecule has 13 heavy (non-hydrogen) atoms. The Kier molecular flexibility index (Phi) is 3.50. The molecule has 1 atom stereocenters. The average molecular weight is 214 g/mol. The summed E-state index contributed by atoms with van der Waals surface area (Å²) < 4.78 is 8.14. The Balaban J connectivity index is 2.94. The molecule has 0 aromatic carbocycles. The molecule has 0 N–H and O–H groups in total. The van der Waals surface area contributed by atoms with E-state index in [4.69, 9.17) is 0 Å². The van der Waals surface area contributed by atoms with Crippen molar-refractivity contribution in [1.29, 1.82) is 0 Å². The van der Waals surface area contributed by atoms with Gasteiger partial charge in [-0.25, -0.2) is 0 Å². The fourth-order valence-corrected chi connectivity index (χ4v) is 1.87. The molecule has 0 amide bonds. The summed E-state index contributed by atoms with van der Waals surface area (Å²) in [6.07, 6.45) is 5.96. The molecule has 0 spiro atoms. The second-order valence-corrected chi connectivity index (χ2v) is 5.20. The van der Waals surface area contributed by atoms with E-state index in [-0.39, 0.29) is 10.7 Å². The Labute approximate surface area is 88.8 Å². The lowest BCUT2D eigenvalue weighted by Crippen LogP contribution is -2.21. The number of aromatic nitrogens is 2. The van der Waals surface area contributed by atoms with Crippen LogP contribution in [0.1, 0.15) is 32.4 Å². The van der Waals surface area contributed by atoms with Crippen LogP contribution in [0, 0.1) is 0 Å². The molecule has 1 aromatic rings. The zero-order valence-electron chi connectivity index (χ0n) is 8.06. The van der Waals surface area contributed by atoms with Crippen LogP contribution in [0.25, 0.3) is 0 Å². The Hall–Kier alpha value is -0.350. The van der Waals surface area contributed by atoms with E-state index in [1.165, 1.54) is 11.7 Å². The van der Waals surface area contributed by atoms with Gasteiger partial charge >= 0.3 is 0 Å². The molecule has 0 bridgehead atoms. The second-order valence-electron chi connectivity index (χ2n) is 3.49. The molecular weight excluding hydrogens is 200 g/mol. The Bertz CT molecular complexity index is 272. The van der Waals surface area contributed by atoms with Crippen molar-refractivity contribution >= 4 is 24.4 Å². The van der Waals surface area contributed by atoms with Crippen molar-refractivity contribution in [1.82, 2.24) is 8.75 Å². The standard InChI is InChI=1S/C9H14N2S2/c1-4-5-7(9(2,3)12)8-6-10-13-11-8/h4-7,12H,1-3H3/b5-4+. The van der Waals surface area contributed by atoms with Gasteiger partial charge in [0.05, 0.1) is 23.6 Å². The topological polar surface area (TPSA) is 25.8 Å². The summed E-state index contributed by atoms with van der Waals surface area (Å²) in [6, 6.07) is 0. The van der Waals surface area contributed by atoms with Crippen LogP contribution in [0.2, 0.25) is 0 Å². The van der Waals surface area contributed by atoms with Gasteiger partial charge in [0.2, 0.25) is 0 Å². The molecule has 1 aromatic heterocycles. The quantitative estimate of drug-likeness (QED) is 0.618. The van der Waals surface area contributed by atoms with Crippen LogP contribution >= 0.6 is 24.4 Å². The van der Waals surface area contributed by atoms with Crippen molar-refractivity contribution in [2.75, 3.05) is 0 Å². The number of hydrogen-bond donors (Lipinski definition) is 1. The lowest BCUT2D eigenvalue weighted by atomic mass is 9.91. The number of thiol groups is 1. The van der Waals surface area contributed by atoms with Crippen molar-refractivity contribution in [3.05, 3.63) is 24.0 Å². The molecule has 0 aliphatic heterocycles. The van der Waals surface area contributed by atoms with Crippen molar-refractivity contribution in [2.24, 2.45) is 0 Å². The zero-order valence-corrected chi connectivity index (χ0v) is 9.77. The number of rotatable bonds is 3. The van der Waals surface area contributed by atoms with Gasteiger partial charge in [0.25, 0.3) is 0 Å². The zero-order chi connectivity index (χ0) is 9.90. The first-order chi connectivity index (χ1) is 6.05. The van der Waals surface area contributed by atoms with Gasteiger partial charge in [-0.05, 0) is 20.8 Å². The summed E-state index contributed by atoms with van der Waals surface area (Å²) in [7, 11) is 0. The van der Waals surface area contributed by atoms with Gasteiger partial charge in [-0.3, -0.25) is 0 Å². The minimum atomic E-state index is -0.0950. The van der Waals surface area contributed by atoms with E-state index in [0.29, 0.717) is 0 Å². The van der Waals surface area contributed by atoms with Gasteiger partial charge < -0.3 is 0 Å². The first kappa shape index (κ1) is 10.7. The molecule has 0 radical (unpaired) electrons. The van der Waals surface area contributed by atoms with Crippen LogP contribution in [-0.4, -0.2) is 13.5 Å². The average Bonchev–Trinajstić information content (AvgIpc) is 2.49. The molecule has 0 aliphatic rings. The van der Waals surface area contributed by atoms with Gasteiger partial charge in [0.1, 0.15) is 0 Å². The lowest BCUT2D eigenvalue weighted by Gasteiger charge is -2.25. The van der Waals surface area contributed by atoms with Crippen molar-refractivity contribution in [3.8, 4) is 0 Å². The number of allylic oxidation sites excluding steroid dienone is 2. The highest BCUT2D eigenvalue weighted by Crippen LogP contribution is 2.33. The summed E-state index contributed by atoms with van der Waals surface area (Å²) in [4.78, 5) is 0. The molecule has 1 rings (SSSR count). The predicted octanol–water partition coefficient (Wildman–Crippen LogP) is 2.91. The third-order valence-electron chi connectivity index (χ3n) is 1.84. The predicted molar refractivity (Wildman–Crippen MR) is 60.5 cm³/mol. The van der Waals surface area contributed by atoms with E-state index in [2.05, 4.69) is 41.3 Å². The minimum absolute atomic E-state index is 0.0950. The molecule has 0 saturated carbocycles. The maximum Gasteiger partial charge on any atom is 0.0825 e. The molecule has 4 heteroatoms. The highest BCUT2D eigenvalue weighted by Gasteiger charge is 2.26. The smallest absolute Gasteiger partial charge is 0.0825 e. The van der Waals surface area contributed by atoms with Crippen LogP contribution in [0.4, 0.5) is 0 Å². The fraction of sp³-hybridized carbons (Fsp3) is 0.556. The van der Waals surface area contributed by atoms with E-state index < -0.39 is 0 Å². The van der Waals surface area contributed by atoms with E-state index >= 15 is 0 Å². The molecular formula is C9H14N2S2. The molecule has 0 saturated heterocycles. The lowest BCUT2D eigenvalue weighted by molar-refractivity contribution is 0.628. The summed E-state index contributed by atoms with van der Waals surface area (Å²) in [5.74, 6) is 0.236. The van der Waals surface area contributed by atoms with Crippen molar-refractivity contribution < 1.29 is 0 Å². The van der Waals surface area contributed by atoms with Gasteiger partial charge in [0, 0.05) is 10.7 Å². The first-order valence-corrected chi connectivity index (χ1v) is 5.36. The third kappa shape index (κ3) is 2.81. The van der Waals surface area contributed by atoms with Crippen LogP contribution in [0.15, 0.2) is 18.3 Å². The van der Waals surface area contributed by atoms with Crippen LogP contribution in [0.3, 0.4) is 0 Å². The molecule has 1 unspecified atom stereocenters. The summed E-state index contributed by atoms with van der Waals surface area (Å²) in [5, 5.41) is 0. The van der Waals surface area contributed by atoms with Crippen molar-refractivity contribution in [2.45, 2.75) is 31.4 Å². The van der Waals surface area contributed by atoms with Crippen molar-refractivity contribution in [3.63, 3.8) is 0 Å². The minimum Gasteiger partial charge on any atom is -0.181 e. The Morgan fingerprint density at radius 2 is 2.31 bits per heavy atom. The molecule has 72 valence electrons. The normalized spacial score (nSPS) is 15.1. The van der Waals surface area contributed by atoms with E-state index in [9.17, 15) is 0 Å². The summed E-state index contributed by atoms with van der Waals surface area (Å²) >= 11 is 5.80. The number of hydrogen-bond acceptors (Lipinski definition) is 4. The SMILES string of the molecule is C/C=C/C(c1cnsn1)C(C)(C)S. The van der Waals surface area contributed by atoms with Crippen LogP contribution in [-0.2, 0) is 0 Å². The number of nitrogens with zero attached hydrogens (tertiary/aromatic N) is 2. The molecule has 0 fully saturated rings. The van der Waals surface area contributed by atoms with Crippen LogP contribution in [0.5, 0.6) is 0 Å². The monoisotopic (exact) mass is 214 g/mol. The molecule has 0 aliphatic carbocycles. The Morgan fingerprint density at radius 3 is 2.69 bits per heavy atom. The maximum atomic E-state index is 4.56. The van der Waals surface area contributed by atoms with Gasteiger partial charge in [-0.1, -0.05) is 12.2 Å². The Morgan fingerprint density at radius 1 is 1.62 bits per heavy atom. The largest absolute Gasteiger partial charge is 0.181 e. The fourth-order valence-electron chi connectivity index (χ4n) is 1.20. The second kappa shape index (κ2) is 4.24. The third-order valence-corrected chi connectivity index (χ3v) is 2.61. The molecule has 1 heterocycles. The summed E-state index contributed by atoms with van der Waals surface area (Å²) in [5.41, 5.74) is 1.00. The molecule has 2 nitrogen and oxygen atoms in total. The first-order valence-electron chi connectivity index (χ1n) is 4.18. The highest BCUT2D eigenvalue weighted by molar-refractivity contribution is 7.81. The maximum absolute atomic E-state index is 4.56. The van der Waals surface area contributed by atoms with Gasteiger partial charge in [0.15, 0.2) is 0 Å². The van der Waals surface area contributed by atoms with E-state index in [0.717, 1.165) is 5.69 Å². The van der Waals surface area contributed by atoms with Gasteiger partial charge in [-0.15, -0.1) is 0 Å². The summed E-state index contributed by atoms with van der Waals surface area (Å²) in [6.45, 7) is 6.17. The highest BCUT2D eigenvalue weighted by atomic mass is 32.1. The van der Waals surface area contributed by atoms with Crippen LogP contribution < -0.4 is 0 Å². The van der Waals surface area contributed by atoms with Gasteiger partial charge in [-0.2, -0.15) is 21.4 Å². The van der Waals surface area contributed by atoms with E-state index in [1.54, 1.807) is 0 Å².